The van der Waals surface area contributed by atoms with Crippen molar-refractivity contribution in [1.82, 2.24) is 20.1 Å². The van der Waals surface area contributed by atoms with Crippen LogP contribution in [-0.4, -0.2) is 52.9 Å². The minimum atomic E-state index is 0.0171. The molecule has 2 aliphatic heterocycles. The molecule has 2 fully saturated rings. The largest absolute Gasteiger partial charge is 0.347 e. The average molecular weight is 419 g/mol. The Kier molecular flexibility index (Phi) is 6.62. The highest BCUT2D eigenvalue weighted by Gasteiger charge is 2.23. The van der Waals surface area contributed by atoms with Crippen LogP contribution in [0.4, 0.5) is 0 Å². The van der Waals surface area contributed by atoms with Gasteiger partial charge in [-0.05, 0) is 63.0 Å². The number of carbonyl (C=O) groups is 1. The Balaban J connectivity index is 1.29. The lowest BCUT2D eigenvalue weighted by Gasteiger charge is -2.33. The Morgan fingerprint density at radius 2 is 1.86 bits per heavy atom. The van der Waals surface area contributed by atoms with Gasteiger partial charge in [0.05, 0.1) is 12.7 Å². The van der Waals surface area contributed by atoms with Gasteiger partial charge in [0.15, 0.2) is 0 Å². The highest BCUT2D eigenvalue weighted by atomic mass is 35.5. The maximum atomic E-state index is 12.7. The van der Waals surface area contributed by atoms with E-state index in [-0.39, 0.29) is 11.9 Å². The van der Waals surface area contributed by atoms with E-state index in [4.69, 9.17) is 11.6 Å². The Morgan fingerprint density at radius 3 is 2.64 bits per heavy atom. The van der Waals surface area contributed by atoms with Gasteiger partial charge in [0.1, 0.15) is 9.88 Å². The summed E-state index contributed by atoms with van der Waals surface area (Å²) < 4.78 is 0. The quantitative estimate of drug-likeness (QED) is 0.775. The molecule has 1 N–H and O–H groups in total. The highest BCUT2D eigenvalue weighted by Crippen LogP contribution is 2.20. The number of piperidine rings is 1. The summed E-state index contributed by atoms with van der Waals surface area (Å²) in [4.78, 5) is 22.7. The van der Waals surface area contributed by atoms with E-state index in [0.29, 0.717) is 0 Å². The van der Waals surface area contributed by atoms with Crippen molar-refractivity contribution in [1.29, 1.82) is 0 Å². The molecule has 0 bridgehead atoms. The van der Waals surface area contributed by atoms with Gasteiger partial charge in [0.2, 0.25) is 0 Å². The molecule has 0 aliphatic carbocycles. The minimum absolute atomic E-state index is 0.0171. The Labute approximate surface area is 175 Å². The highest BCUT2D eigenvalue weighted by molar-refractivity contribution is 7.13. The molecule has 2 saturated heterocycles. The van der Waals surface area contributed by atoms with Crippen molar-refractivity contribution in [3.63, 3.8) is 0 Å². The monoisotopic (exact) mass is 418 g/mol. The molecule has 0 saturated carbocycles. The Hall–Kier alpha value is -1.47. The molecule has 1 amide bonds. The SMILES string of the molecule is O=C(NC1CCCN(Cc2ccc(Cl)cc2)C1)c1cnc(CN2CCCC2)s1. The smallest absolute Gasteiger partial charge is 0.263 e. The van der Waals surface area contributed by atoms with E-state index < -0.39 is 0 Å². The van der Waals surface area contributed by atoms with E-state index >= 15 is 0 Å². The molecule has 28 heavy (non-hydrogen) atoms. The van der Waals surface area contributed by atoms with Crippen molar-refractivity contribution in [2.45, 2.75) is 44.8 Å². The first-order chi connectivity index (χ1) is 13.7. The van der Waals surface area contributed by atoms with E-state index in [1.165, 1.54) is 29.7 Å². The van der Waals surface area contributed by atoms with Crippen LogP contribution in [0.15, 0.2) is 30.5 Å². The summed E-state index contributed by atoms with van der Waals surface area (Å²) >= 11 is 7.50. The second-order valence-electron chi connectivity index (χ2n) is 7.78. The molecule has 150 valence electrons. The first kappa shape index (κ1) is 19.8. The van der Waals surface area contributed by atoms with Gasteiger partial charge < -0.3 is 5.32 Å². The lowest BCUT2D eigenvalue weighted by atomic mass is 10.0. The molecular formula is C21H27ClN4OS. The lowest BCUT2D eigenvalue weighted by molar-refractivity contribution is 0.0904. The van der Waals surface area contributed by atoms with Gasteiger partial charge in [-0.25, -0.2) is 4.98 Å². The third kappa shape index (κ3) is 5.32. The summed E-state index contributed by atoms with van der Waals surface area (Å²) in [5.74, 6) is 0.0171. The number of hydrogen-bond acceptors (Lipinski definition) is 5. The maximum Gasteiger partial charge on any atom is 0.263 e. The van der Waals surface area contributed by atoms with Crippen molar-refractivity contribution in [2.75, 3.05) is 26.2 Å². The molecule has 7 heteroatoms. The molecule has 1 atom stereocenters. The number of halogens is 1. The molecule has 2 aromatic rings. The zero-order valence-electron chi connectivity index (χ0n) is 16.1. The number of carbonyl (C=O) groups excluding carboxylic acids is 1. The van der Waals surface area contributed by atoms with Crippen LogP contribution in [0.1, 0.15) is 45.9 Å². The second-order valence-corrected chi connectivity index (χ2v) is 9.33. The fourth-order valence-corrected chi connectivity index (χ4v) is 5.03. The molecule has 2 aliphatic rings. The van der Waals surface area contributed by atoms with Crippen molar-refractivity contribution in [3.05, 3.63) is 50.9 Å². The number of hydrogen-bond donors (Lipinski definition) is 1. The third-order valence-corrected chi connectivity index (χ3v) is 6.73. The topological polar surface area (TPSA) is 48.5 Å². The fraction of sp³-hybridized carbons (Fsp3) is 0.524. The Bertz CT molecular complexity index is 788. The first-order valence-electron chi connectivity index (χ1n) is 10.1. The normalized spacial score (nSPS) is 21.1. The van der Waals surface area contributed by atoms with Gasteiger partial charge >= 0.3 is 0 Å². The van der Waals surface area contributed by atoms with Gasteiger partial charge in [-0.2, -0.15) is 0 Å². The van der Waals surface area contributed by atoms with Crippen LogP contribution in [0.3, 0.4) is 0 Å². The molecule has 3 heterocycles. The van der Waals surface area contributed by atoms with Gasteiger partial charge in [0.25, 0.3) is 5.91 Å². The third-order valence-electron chi connectivity index (χ3n) is 5.50. The maximum absolute atomic E-state index is 12.7. The number of amides is 1. The first-order valence-corrected chi connectivity index (χ1v) is 11.3. The predicted octanol–water partition coefficient (Wildman–Crippen LogP) is 3.79. The van der Waals surface area contributed by atoms with Crippen molar-refractivity contribution in [3.8, 4) is 0 Å². The van der Waals surface area contributed by atoms with Crippen LogP contribution in [0.2, 0.25) is 5.02 Å². The van der Waals surface area contributed by atoms with Gasteiger partial charge in [0, 0.05) is 24.2 Å². The molecule has 1 aromatic carbocycles. The summed E-state index contributed by atoms with van der Waals surface area (Å²) in [5.41, 5.74) is 1.25. The van der Waals surface area contributed by atoms with E-state index in [2.05, 4.69) is 32.2 Å². The van der Waals surface area contributed by atoms with Gasteiger partial charge in [-0.15, -0.1) is 11.3 Å². The van der Waals surface area contributed by atoms with E-state index in [0.717, 1.165) is 67.0 Å². The fourth-order valence-electron chi connectivity index (χ4n) is 4.04. The second kappa shape index (κ2) is 9.35. The standard InChI is InChI=1S/C21H27ClN4OS/c22-17-7-5-16(6-8-17)13-26-11-3-4-18(14-26)24-21(27)19-12-23-20(28-19)15-25-9-1-2-10-25/h5-8,12,18H,1-4,9-11,13-15H2,(H,24,27). The predicted molar refractivity (Wildman–Crippen MR) is 114 cm³/mol. The summed E-state index contributed by atoms with van der Waals surface area (Å²) in [6, 6.07) is 8.21. The molecule has 4 rings (SSSR count). The van der Waals surface area contributed by atoms with Gasteiger partial charge in [-0.3, -0.25) is 14.6 Å². The van der Waals surface area contributed by atoms with Crippen molar-refractivity contribution >= 4 is 28.8 Å². The number of thiazole rings is 1. The zero-order valence-corrected chi connectivity index (χ0v) is 17.6. The van der Waals surface area contributed by atoms with Crippen LogP contribution < -0.4 is 5.32 Å². The number of nitrogens with one attached hydrogen (secondary N) is 1. The Morgan fingerprint density at radius 1 is 1.11 bits per heavy atom. The van der Waals surface area contributed by atoms with Crippen LogP contribution in [0.5, 0.6) is 0 Å². The molecule has 5 nitrogen and oxygen atoms in total. The van der Waals surface area contributed by atoms with Crippen molar-refractivity contribution < 1.29 is 4.79 Å². The van der Waals surface area contributed by atoms with E-state index in [9.17, 15) is 4.79 Å². The molecule has 1 unspecified atom stereocenters. The summed E-state index contributed by atoms with van der Waals surface area (Å²) in [6.45, 7) is 6.00. The van der Waals surface area contributed by atoms with E-state index in [1.807, 2.05) is 12.1 Å². The molecule has 1 aromatic heterocycles. The van der Waals surface area contributed by atoms with Crippen LogP contribution in [0, 0.1) is 0 Å². The summed E-state index contributed by atoms with van der Waals surface area (Å²) in [6.07, 6.45) is 6.41. The molecular weight excluding hydrogens is 392 g/mol. The molecule has 0 radical (unpaired) electrons. The zero-order chi connectivity index (χ0) is 19.3. The number of nitrogens with zero attached hydrogens (tertiary/aromatic N) is 3. The van der Waals surface area contributed by atoms with Gasteiger partial charge in [-0.1, -0.05) is 23.7 Å². The minimum Gasteiger partial charge on any atom is -0.347 e. The average Bonchev–Trinajstić information content (AvgIpc) is 3.37. The summed E-state index contributed by atoms with van der Waals surface area (Å²) in [5, 5.41) is 5.03. The number of benzene rings is 1. The van der Waals surface area contributed by atoms with E-state index in [1.54, 1.807) is 6.20 Å². The number of likely N-dealkylation sites (tertiary alicyclic amines) is 2. The number of rotatable bonds is 6. The van der Waals surface area contributed by atoms with Crippen LogP contribution >= 0.6 is 22.9 Å². The summed E-state index contributed by atoms with van der Waals surface area (Å²) in [7, 11) is 0. The number of aromatic nitrogens is 1. The van der Waals surface area contributed by atoms with Crippen molar-refractivity contribution in [2.24, 2.45) is 0 Å². The van der Waals surface area contributed by atoms with Crippen LogP contribution in [-0.2, 0) is 13.1 Å². The lowest BCUT2D eigenvalue weighted by Crippen LogP contribution is -2.47. The molecule has 0 spiro atoms. The van der Waals surface area contributed by atoms with Crippen LogP contribution in [0.25, 0.3) is 0 Å².